The Balaban J connectivity index is 1.48. The van der Waals surface area contributed by atoms with Crippen LogP contribution in [-0.4, -0.2) is 50.1 Å². The van der Waals surface area contributed by atoms with Crippen molar-refractivity contribution in [3.05, 3.63) is 24.5 Å². The van der Waals surface area contributed by atoms with Gasteiger partial charge in [0.05, 0.1) is 11.5 Å². The Bertz CT molecular complexity index is 568. The van der Waals surface area contributed by atoms with E-state index in [1.54, 1.807) is 0 Å². The summed E-state index contributed by atoms with van der Waals surface area (Å²) in [4.78, 5) is 6.47. The van der Waals surface area contributed by atoms with E-state index >= 15 is 0 Å². The SMILES string of the molecule is O=S1(=O)CCCC(NC2CCN(c3ccncc3)CC2)CC1. The summed E-state index contributed by atoms with van der Waals surface area (Å²) in [5, 5.41) is 3.70. The van der Waals surface area contributed by atoms with Gasteiger partial charge in [-0.25, -0.2) is 8.42 Å². The van der Waals surface area contributed by atoms with Crippen molar-refractivity contribution in [1.29, 1.82) is 0 Å². The molecule has 0 aliphatic carbocycles. The molecule has 1 atom stereocenters. The molecule has 0 saturated carbocycles. The average Bonchev–Trinajstić information content (AvgIpc) is 2.70. The van der Waals surface area contributed by atoms with Crippen LogP contribution < -0.4 is 10.2 Å². The fourth-order valence-electron chi connectivity index (χ4n) is 3.48. The smallest absolute Gasteiger partial charge is 0.150 e. The zero-order chi connectivity index (χ0) is 15.4. The van der Waals surface area contributed by atoms with Crippen molar-refractivity contribution in [2.45, 2.75) is 44.2 Å². The maximum absolute atomic E-state index is 11.7. The predicted molar refractivity (Wildman–Crippen MR) is 88.9 cm³/mol. The van der Waals surface area contributed by atoms with E-state index in [1.165, 1.54) is 5.69 Å². The van der Waals surface area contributed by atoms with Crippen molar-refractivity contribution < 1.29 is 8.42 Å². The summed E-state index contributed by atoms with van der Waals surface area (Å²) in [5.74, 6) is 0.714. The van der Waals surface area contributed by atoms with Crippen LogP contribution in [-0.2, 0) is 9.84 Å². The largest absolute Gasteiger partial charge is 0.371 e. The minimum Gasteiger partial charge on any atom is -0.371 e. The van der Waals surface area contributed by atoms with Crippen molar-refractivity contribution in [3.8, 4) is 0 Å². The third-order valence-corrected chi connectivity index (χ3v) is 6.55. The topological polar surface area (TPSA) is 62.3 Å². The van der Waals surface area contributed by atoms with Gasteiger partial charge in [-0.05, 0) is 44.2 Å². The standard InChI is InChI=1S/C16H25N3O2S/c20-22(21)12-1-2-14(7-13-22)18-15-5-10-19(11-6-15)16-3-8-17-9-4-16/h3-4,8-9,14-15,18H,1-2,5-7,10-13H2. The summed E-state index contributed by atoms with van der Waals surface area (Å²) < 4.78 is 23.3. The monoisotopic (exact) mass is 323 g/mol. The first-order chi connectivity index (χ1) is 10.6. The Kier molecular flexibility index (Phi) is 4.98. The molecule has 2 fully saturated rings. The first-order valence-electron chi connectivity index (χ1n) is 8.24. The van der Waals surface area contributed by atoms with E-state index in [-0.39, 0.29) is 0 Å². The van der Waals surface area contributed by atoms with Gasteiger partial charge in [-0.2, -0.15) is 0 Å². The molecule has 0 spiro atoms. The number of rotatable bonds is 3. The molecule has 22 heavy (non-hydrogen) atoms. The molecule has 0 bridgehead atoms. The van der Waals surface area contributed by atoms with Crippen LogP contribution in [0, 0.1) is 0 Å². The molecule has 5 nitrogen and oxygen atoms in total. The second-order valence-electron chi connectivity index (χ2n) is 6.41. The predicted octanol–water partition coefficient (Wildman–Crippen LogP) is 1.61. The second-order valence-corrected chi connectivity index (χ2v) is 8.72. The molecule has 2 saturated heterocycles. The van der Waals surface area contributed by atoms with Gasteiger partial charge in [0, 0.05) is 43.3 Å². The van der Waals surface area contributed by atoms with Crippen LogP contribution in [0.1, 0.15) is 32.1 Å². The second kappa shape index (κ2) is 6.96. The van der Waals surface area contributed by atoms with E-state index in [0.717, 1.165) is 45.2 Å². The van der Waals surface area contributed by atoms with Crippen molar-refractivity contribution in [2.75, 3.05) is 29.5 Å². The van der Waals surface area contributed by atoms with Gasteiger partial charge in [0.15, 0.2) is 0 Å². The summed E-state index contributed by atoms with van der Waals surface area (Å²) >= 11 is 0. The highest BCUT2D eigenvalue weighted by Crippen LogP contribution is 2.21. The third-order valence-electron chi connectivity index (χ3n) is 4.78. The van der Waals surface area contributed by atoms with Crippen molar-refractivity contribution in [3.63, 3.8) is 0 Å². The molecule has 0 radical (unpaired) electrons. The molecule has 3 rings (SSSR count). The molecule has 3 heterocycles. The lowest BCUT2D eigenvalue weighted by atomic mass is 10.0. The van der Waals surface area contributed by atoms with Gasteiger partial charge in [-0.3, -0.25) is 4.98 Å². The summed E-state index contributed by atoms with van der Waals surface area (Å²) in [6.07, 6.45) is 8.47. The number of hydrogen-bond donors (Lipinski definition) is 1. The zero-order valence-electron chi connectivity index (χ0n) is 12.9. The first-order valence-corrected chi connectivity index (χ1v) is 10.1. The highest BCUT2D eigenvalue weighted by molar-refractivity contribution is 7.91. The lowest BCUT2D eigenvalue weighted by Crippen LogP contribution is -2.46. The van der Waals surface area contributed by atoms with Crippen LogP contribution in [0.2, 0.25) is 0 Å². The van der Waals surface area contributed by atoms with E-state index in [4.69, 9.17) is 0 Å². The Morgan fingerprint density at radius 3 is 2.41 bits per heavy atom. The zero-order valence-corrected chi connectivity index (χ0v) is 13.8. The summed E-state index contributed by atoms with van der Waals surface area (Å²) in [7, 11) is -2.79. The van der Waals surface area contributed by atoms with Gasteiger partial charge in [0.1, 0.15) is 9.84 Å². The summed E-state index contributed by atoms with van der Waals surface area (Å²) in [5.41, 5.74) is 1.24. The lowest BCUT2D eigenvalue weighted by molar-refractivity contribution is 0.350. The van der Waals surface area contributed by atoms with Crippen LogP contribution in [0.15, 0.2) is 24.5 Å². The summed E-state index contributed by atoms with van der Waals surface area (Å²) in [6.45, 7) is 2.10. The summed E-state index contributed by atoms with van der Waals surface area (Å²) in [6, 6.07) is 5.01. The molecular weight excluding hydrogens is 298 g/mol. The minimum absolute atomic E-state index is 0.348. The minimum atomic E-state index is -2.79. The van der Waals surface area contributed by atoms with Crippen LogP contribution >= 0.6 is 0 Å². The maximum Gasteiger partial charge on any atom is 0.150 e. The van der Waals surface area contributed by atoms with Crippen LogP contribution in [0.4, 0.5) is 5.69 Å². The molecule has 2 aliphatic heterocycles. The number of piperidine rings is 1. The lowest BCUT2D eigenvalue weighted by Gasteiger charge is -2.35. The molecule has 0 aromatic carbocycles. The fourth-order valence-corrected chi connectivity index (χ4v) is 4.93. The van der Waals surface area contributed by atoms with Crippen molar-refractivity contribution in [1.82, 2.24) is 10.3 Å². The van der Waals surface area contributed by atoms with Crippen LogP contribution in [0.25, 0.3) is 0 Å². The molecule has 1 aromatic heterocycles. The Labute approximate surface area is 133 Å². The van der Waals surface area contributed by atoms with Gasteiger partial charge < -0.3 is 10.2 Å². The number of pyridine rings is 1. The molecule has 1 N–H and O–H groups in total. The molecular formula is C16H25N3O2S. The van der Waals surface area contributed by atoms with Crippen molar-refractivity contribution >= 4 is 15.5 Å². The van der Waals surface area contributed by atoms with E-state index in [1.807, 2.05) is 12.4 Å². The molecule has 6 heteroatoms. The molecule has 122 valence electrons. The van der Waals surface area contributed by atoms with E-state index in [0.29, 0.717) is 23.6 Å². The third kappa shape index (κ3) is 4.20. The van der Waals surface area contributed by atoms with Crippen LogP contribution in [0.5, 0.6) is 0 Å². The van der Waals surface area contributed by atoms with Gasteiger partial charge >= 0.3 is 0 Å². The van der Waals surface area contributed by atoms with Crippen molar-refractivity contribution in [2.24, 2.45) is 0 Å². The molecule has 2 aliphatic rings. The van der Waals surface area contributed by atoms with Gasteiger partial charge in [-0.1, -0.05) is 0 Å². The fraction of sp³-hybridized carbons (Fsp3) is 0.688. The Morgan fingerprint density at radius 2 is 1.68 bits per heavy atom. The molecule has 0 amide bonds. The number of nitrogens with one attached hydrogen (secondary N) is 1. The van der Waals surface area contributed by atoms with E-state index in [2.05, 4.69) is 27.3 Å². The highest BCUT2D eigenvalue weighted by Gasteiger charge is 2.25. The average molecular weight is 323 g/mol. The van der Waals surface area contributed by atoms with Crippen LogP contribution in [0.3, 0.4) is 0 Å². The quantitative estimate of drug-likeness (QED) is 0.915. The van der Waals surface area contributed by atoms with E-state index < -0.39 is 9.84 Å². The number of aromatic nitrogens is 1. The Morgan fingerprint density at radius 1 is 1.00 bits per heavy atom. The van der Waals surface area contributed by atoms with E-state index in [9.17, 15) is 8.42 Å². The van der Waals surface area contributed by atoms with Gasteiger partial charge in [0.2, 0.25) is 0 Å². The molecule has 1 unspecified atom stereocenters. The number of nitrogens with zero attached hydrogens (tertiary/aromatic N) is 2. The highest BCUT2D eigenvalue weighted by atomic mass is 32.2. The number of sulfone groups is 1. The molecule has 1 aromatic rings. The normalized spacial score (nSPS) is 26.5. The maximum atomic E-state index is 11.7. The van der Waals surface area contributed by atoms with Gasteiger partial charge in [0.25, 0.3) is 0 Å². The first kappa shape index (κ1) is 15.7. The van der Waals surface area contributed by atoms with Gasteiger partial charge in [-0.15, -0.1) is 0 Å². The Hall–Kier alpha value is -1.14. The number of anilines is 1. The number of hydrogen-bond acceptors (Lipinski definition) is 5.